The van der Waals surface area contributed by atoms with Gasteiger partial charge in [-0.15, -0.1) is 0 Å². The van der Waals surface area contributed by atoms with Gasteiger partial charge in [0, 0.05) is 11.6 Å². The van der Waals surface area contributed by atoms with Crippen LogP contribution in [0, 0.1) is 0 Å². The van der Waals surface area contributed by atoms with Gasteiger partial charge in [0.15, 0.2) is 0 Å². The van der Waals surface area contributed by atoms with Crippen molar-refractivity contribution in [3.63, 3.8) is 0 Å². The molecule has 1 aliphatic carbocycles. The van der Waals surface area contributed by atoms with E-state index in [2.05, 4.69) is 5.32 Å². The second kappa shape index (κ2) is 3.87. The summed E-state index contributed by atoms with van der Waals surface area (Å²) in [5.74, 6) is 0.0520. The number of nitrogens with one attached hydrogen (secondary N) is 1. The number of hydrogen-bond acceptors (Lipinski definition) is 1. The van der Waals surface area contributed by atoms with Crippen LogP contribution < -0.4 is 10.8 Å². The second-order valence-electron chi connectivity index (χ2n) is 3.66. The molecule has 0 heterocycles. The van der Waals surface area contributed by atoms with Crippen LogP contribution in [0.5, 0.6) is 0 Å². The average molecular weight is 186 g/mol. The Morgan fingerprint density at radius 2 is 2.29 bits per heavy atom. The van der Waals surface area contributed by atoms with Crippen LogP contribution in [0.2, 0.25) is 6.82 Å². The van der Waals surface area contributed by atoms with Crippen molar-refractivity contribution in [3.05, 3.63) is 29.8 Å². The molecular weight excluding hydrogens is 173 g/mol. The molecule has 1 amide bonds. The number of benzene rings is 1. The highest BCUT2D eigenvalue weighted by Gasteiger charge is 2.23. The van der Waals surface area contributed by atoms with Crippen LogP contribution in [-0.4, -0.2) is 19.2 Å². The highest BCUT2D eigenvalue weighted by atomic mass is 16.1. The Labute approximate surface area is 84.9 Å². The first kappa shape index (κ1) is 9.32. The molecule has 0 atom stereocenters. The minimum atomic E-state index is 0.0520. The van der Waals surface area contributed by atoms with Crippen LogP contribution in [0.15, 0.2) is 24.3 Å². The molecule has 0 spiro atoms. The molecule has 1 radical (unpaired) electrons. The summed E-state index contributed by atoms with van der Waals surface area (Å²) in [6, 6.07) is 8.10. The highest BCUT2D eigenvalue weighted by Crippen LogP contribution is 2.19. The van der Waals surface area contributed by atoms with Crippen LogP contribution in [0.25, 0.3) is 0 Å². The lowest BCUT2D eigenvalue weighted by Crippen LogP contribution is -2.26. The SMILES string of the molecule is C[B]c1cccc(C(=O)NC2CC2)c1. The Hall–Kier alpha value is -1.25. The average Bonchev–Trinajstić information content (AvgIpc) is 3.02. The number of rotatable bonds is 3. The van der Waals surface area contributed by atoms with E-state index in [0.717, 1.165) is 23.9 Å². The Balaban J connectivity index is 2.09. The van der Waals surface area contributed by atoms with Gasteiger partial charge in [-0.3, -0.25) is 4.79 Å². The summed E-state index contributed by atoms with van der Waals surface area (Å²) in [7, 11) is 1.99. The molecule has 0 saturated heterocycles. The summed E-state index contributed by atoms with van der Waals surface area (Å²) in [5, 5.41) is 2.97. The van der Waals surface area contributed by atoms with Crippen molar-refractivity contribution in [2.45, 2.75) is 25.7 Å². The lowest BCUT2D eigenvalue weighted by Gasteiger charge is -2.04. The van der Waals surface area contributed by atoms with Gasteiger partial charge < -0.3 is 5.32 Å². The van der Waals surface area contributed by atoms with E-state index in [0.29, 0.717) is 6.04 Å². The highest BCUT2D eigenvalue weighted by molar-refractivity contribution is 6.52. The van der Waals surface area contributed by atoms with E-state index in [1.54, 1.807) is 0 Å². The van der Waals surface area contributed by atoms with Crippen molar-refractivity contribution in [2.75, 3.05) is 0 Å². The molecule has 2 rings (SSSR count). The maximum absolute atomic E-state index is 11.6. The largest absolute Gasteiger partial charge is 0.349 e. The smallest absolute Gasteiger partial charge is 0.251 e. The minimum absolute atomic E-state index is 0.0520. The summed E-state index contributed by atoms with van der Waals surface area (Å²) >= 11 is 0. The van der Waals surface area contributed by atoms with Gasteiger partial charge in [0.05, 0.1) is 0 Å². The van der Waals surface area contributed by atoms with Gasteiger partial charge >= 0.3 is 0 Å². The van der Waals surface area contributed by atoms with Gasteiger partial charge in [-0.25, -0.2) is 0 Å². The fraction of sp³-hybridized carbons (Fsp3) is 0.364. The predicted octanol–water partition coefficient (Wildman–Crippen LogP) is 0.956. The summed E-state index contributed by atoms with van der Waals surface area (Å²) < 4.78 is 0. The third-order valence-electron chi connectivity index (χ3n) is 2.39. The normalized spacial score (nSPS) is 14.9. The number of carbonyl (C=O) groups is 1. The molecule has 1 aliphatic rings. The molecule has 71 valence electrons. The molecule has 0 aliphatic heterocycles. The quantitative estimate of drug-likeness (QED) is 0.699. The van der Waals surface area contributed by atoms with Crippen molar-refractivity contribution >= 4 is 18.6 Å². The minimum Gasteiger partial charge on any atom is -0.349 e. The van der Waals surface area contributed by atoms with Gasteiger partial charge in [-0.2, -0.15) is 0 Å². The summed E-state index contributed by atoms with van der Waals surface area (Å²) in [6.07, 6.45) is 2.26. The van der Waals surface area contributed by atoms with Crippen molar-refractivity contribution in [1.82, 2.24) is 5.32 Å². The molecule has 14 heavy (non-hydrogen) atoms. The van der Waals surface area contributed by atoms with E-state index in [-0.39, 0.29) is 5.91 Å². The van der Waals surface area contributed by atoms with Gasteiger partial charge in [0.1, 0.15) is 7.28 Å². The molecule has 1 aromatic rings. The van der Waals surface area contributed by atoms with Crippen molar-refractivity contribution in [3.8, 4) is 0 Å². The monoisotopic (exact) mass is 186 g/mol. The fourth-order valence-electron chi connectivity index (χ4n) is 1.36. The number of hydrogen-bond donors (Lipinski definition) is 1. The maximum atomic E-state index is 11.6. The fourth-order valence-corrected chi connectivity index (χ4v) is 1.36. The summed E-state index contributed by atoms with van der Waals surface area (Å²) in [5.41, 5.74) is 1.85. The Morgan fingerprint density at radius 1 is 1.50 bits per heavy atom. The Bertz CT molecular complexity index is 347. The molecule has 0 unspecified atom stereocenters. The third kappa shape index (κ3) is 2.16. The zero-order valence-corrected chi connectivity index (χ0v) is 8.29. The van der Waals surface area contributed by atoms with Crippen LogP contribution in [0.3, 0.4) is 0 Å². The molecular formula is C11H13BNO. The zero-order chi connectivity index (χ0) is 9.97. The molecule has 1 saturated carbocycles. The topological polar surface area (TPSA) is 29.1 Å². The first-order valence-corrected chi connectivity index (χ1v) is 5.00. The van der Waals surface area contributed by atoms with Crippen LogP contribution in [0.4, 0.5) is 0 Å². The zero-order valence-electron chi connectivity index (χ0n) is 8.29. The van der Waals surface area contributed by atoms with E-state index in [9.17, 15) is 4.79 Å². The molecule has 1 aromatic carbocycles. The summed E-state index contributed by atoms with van der Waals surface area (Å²) in [6.45, 7) is 1.97. The predicted molar refractivity (Wildman–Crippen MR) is 58.2 cm³/mol. The van der Waals surface area contributed by atoms with Crippen LogP contribution in [0.1, 0.15) is 23.2 Å². The van der Waals surface area contributed by atoms with Crippen molar-refractivity contribution in [2.24, 2.45) is 0 Å². The van der Waals surface area contributed by atoms with Gasteiger partial charge in [0.2, 0.25) is 0 Å². The third-order valence-corrected chi connectivity index (χ3v) is 2.39. The van der Waals surface area contributed by atoms with E-state index in [4.69, 9.17) is 0 Å². The maximum Gasteiger partial charge on any atom is 0.251 e. The van der Waals surface area contributed by atoms with E-state index in [1.165, 1.54) is 0 Å². The van der Waals surface area contributed by atoms with E-state index in [1.807, 2.05) is 38.4 Å². The standard InChI is InChI=1S/C11H13BNO/c1-12-9-4-2-3-8(7-9)11(14)13-10-5-6-10/h2-4,7,10H,5-6H2,1H3,(H,13,14). The molecule has 0 bridgehead atoms. The van der Waals surface area contributed by atoms with Crippen molar-refractivity contribution < 1.29 is 4.79 Å². The molecule has 3 heteroatoms. The van der Waals surface area contributed by atoms with E-state index >= 15 is 0 Å². The lowest BCUT2D eigenvalue weighted by atomic mass is 9.73. The molecule has 1 N–H and O–H groups in total. The Kier molecular flexibility index (Phi) is 2.57. The van der Waals surface area contributed by atoms with Crippen LogP contribution in [-0.2, 0) is 0 Å². The number of amides is 1. The van der Waals surface area contributed by atoms with Gasteiger partial charge in [0.25, 0.3) is 5.91 Å². The Morgan fingerprint density at radius 3 is 2.93 bits per heavy atom. The first-order valence-electron chi connectivity index (χ1n) is 5.00. The molecule has 0 aromatic heterocycles. The van der Waals surface area contributed by atoms with E-state index < -0.39 is 0 Å². The van der Waals surface area contributed by atoms with Gasteiger partial charge in [-0.1, -0.05) is 30.5 Å². The lowest BCUT2D eigenvalue weighted by molar-refractivity contribution is 0.0951. The van der Waals surface area contributed by atoms with Gasteiger partial charge in [-0.05, 0) is 18.9 Å². The summed E-state index contributed by atoms with van der Waals surface area (Å²) in [4.78, 5) is 11.6. The molecule has 2 nitrogen and oxygen atoms in total. The number of carbonyl (C=O) groups excluding carboxylic acids is 1. The van der Waals surface area contributed by atoms with Crippen molar-refractivity contribution in [1.29, 1.82) is 0 Å². The first-order chi connectivity index (χ1) is 6.79. The van der Waals surface area contributed by atoms with Crippen LogP contribution >= 0.6 is 0 Å². The molecule has 1 fully saturated rings. The second-order valence-corrected chi connectivity index (χ2v) is 3.66.